The number of carbonyl (C=O) groups excluding carboxylic acids is 2. The molecule has 0 N–H and O–H groups in total. The van der Waals surface area contributed by atoms with Crippen LogP contribution >= 0.6 is 45.3 Å². The summed E-state index contributed by atoms with van der Waals surface area (Å²) in [4.78, 5) is 40.2. The SMILES string of the molecule is CCCCCCc1csc(-c2ccc(C3=C4C(=O)N(c5ccc(-c6cc(CCCCCC)cs6)cc5)C(c5ccc(-c6cc(CCCCCC)cs6)cc5)=C4C(=O)N3c3ccc(-c4cc(CCCCCC)cs4)cc3)cc2)c1. The number of fused-ring (bicyclic) bond motifs is 1. The second-order valence-electron chi connectivity index (χ2n) is 21.5. The summed E-state index contributed by atoms with van der Waals surface area (Å²) in [5.41, 5.74) is 15.3. The standard InChI is InChI=1S/C70H76N2O2S4/c1-5-9-13-17-21-49-41-61(75-45-49)53-25-29-57(30-26-53)67-65-66(70(74)71(67)59-37-33-55(34-38-59)63-43-51(47-77-63)23-19-15-11-7-3)68(58-31-27-54(28-32-58)62-42-50(46-76-62)22-18-14-10-6-2)72(69(65)73)60-39-35-56(36-40-60)64-44-52(48-78-64)24-20-16-12-8-4/h25-48H,5-24H2,1-4H3. The van der Waals surface area contributed by atoms with Crippen molar-refractivity contribution in [1.29, 1.82) is 0 Å². The molecule has 4 nitrogen and oxygen atoms in total. The number of amides is 2. The van der Waals surface area contributed by atoms with Crippen LogP contribution < -0.4 is 9.80 Å². The summed E-state index contributed by atoms with van der Waals surface area (Å²) >= 11 is 7.14. The van der Waals surface area contributed by atoms with Crippen LogP contribution in [0.5, 0.6) is 0 Å². The Hall–Kier alpha value is -5.90. The zero-order valence-electron chi connectivity index (χ0n) is 46.3. The van der Waals surface area contributed by atoms with E-state index in [1.165, 1.54) is 144 Å². The summed E-state index contributed by atoms with van der Waals surface area (Å²) in [5, 5.41) is 9.19. The van der Waals surface area contributed by atoms with Crippen LogP contribution in [0.4, 0.5) is 11.4 Å². The lowest BCUT2D eigenvalue weighted by atomic mass is 10.00. The molecule has 0 aliphatic carbocycles. The van der Waals surface area contributed by atoms with E-state index >= 15 is 9.59 Å². The molecule has 2 amide bonds. The number of hydrogen-bond donors (Lipinski definition) is 0. The van der Waals surface area contributed by atoms with E-state index in [2.05, 4.69) is 171 Å². The second-order valence-corrected chi connectivity index (χ2v) is 25.1. The molecule has 0 saturated carbocycles. The van der Waals surface area contributed by atoms with Crippen LogP contribution in [-0.2, 0) is 35.3 Å². The van der Waals surface area contributed by atoms with Gasteiger partial charge in [0.25, 0.3) is 11.8 Å². The number of thiophene rings is 4. The zero-order valence-corrected chi connectivity index (χ0v) is 49.6. The van der Waals surface area contributed by atoms with Gasteiger partial charge in [0.15, 0.2) is 0 Å². The molecule has 0 unspecified atom stereocenters. The van der Waals surface area contributed by atoms with E-state index in [0.717, 1.165) is 70.4 Å². The molecule has 0 bridgehead atoms. The molecule has 0 atom stereocenters. The summed E-state index contributed by atoms with van der Waals surface area (Å²) in [5.74, 6) is -0.397. The predicted molar refractivity (Wildman–Crippen MR) is 339 cm³/mol. The number of carbonyl (C=O) groups is 2. The minimum atomic E-state index is -0.198. The Labute approximate surface area is 481 Å². The maximum Gasteiger partial charge on any atom is 0.265 e. The molecule has 0 fully saturated rings. The lowest BCUT2D eigenvalue weighted by molar-refractivity contribution is -0.115. The summed E-state index contributed by atoms with van der Waals surface area (Å²) < 4.78 is 0. The number of benzene rings is 4. The smallest absolute Gasteiger partial charge is 0.265 e. The van der Waals surface area contributed by atoms with Gasteiger partial charge in [0, 0.05) is 30.9 Å². The highest BCUT2D eigenvalue weighted by atomic mass is 32.1. The molecule has 78 heavy (non-hydrogen) atoms. The van der Waals surface area contributed by atoms with Crippen LogP contribution in [0.1, 0.15) is 164 Å². The van der Waals surface area contributed by atoms with Gasteiger partial charge in [-0.3, -0.25) is 19.4 Å². The first-order valence-corrected chi connectivity index (χ1v) is 32.8. The third-order valence-corrected chi connectivity index (χ3v) is 19.7. The van der Waals surface area contributed by atoms with E-state index in [1.807, 2.05) is 9.80 Å². The van der Waals surface area contributed by atoms with Gasteiger partial charge in [-0.05, 0) is 177 Å². The van der Waals surface area contributed by atoms with E-state index in [0.29, 0.717) is 22.5 Å². The Bertz CT molecular complexity index is 3100. The molecule has 0 saturated heterocycles. The van der Waals surface area contributed by atoms with Crippen LogP contribution in [0.15, 0.2) is 154 Å². The first kappa shape index (κ1) is 55.4. The van der Waals surface area contributed by atoms with Crippen LogP contribution in [0.2, 0.25) is 0 Å². The van der Waals surface area contributed by atoms with Crippen molar-refractivity contribution in [2.24, 2.45) is 0 Å². The van der Waals surface area contributed by atoms with E-state index < -0.39 is 0 Å². The second kappa shape index (κ2) is 26.8. The molecular weight excluding hydrogens is 1030 g/mol. The van der Waals surface area contributed by atoms with Gasteiger partial charge in [0.05, 0.1) is 22.5 Å². The van der Waals surface area contributed by atoms with Crippen LogP contribution in [0.3, 0.4) is 0 Å². The number of aryl methyl sites for hydroxylation is 4. The highest BCUT2D eigenvalue weighted by Crippen LogP contribution is 2.50. The topological polar surface area (TPSA) is 40.6 Å². The quantitative estimate of drug-likeness (QED) is 0.0459. The summed E-state index contributed by atoms with van der Waals surface area (Å²) in [6.07, 6.45) is 24.3. The molecule has 8 aromatic rings. The number of nitrogens with zero attached hydrogens (tertiary/aromatic N) is 2. The molecule has 0 radical (unpaired) electrons. The largest absolute Gasteiger partial charge is 0.275 e. The van der Waals surface area contributed by atoms with E-state index in [4.69, 9.17) is 0 Å². The minimum Gasteiger partial charge on any atom is -0.275 e. The molecule has 2 aliphatic heterocycles. The average molecular weight is 1110 g/mol. The highest BCUT2D eigenvalue weighted by Gasteiger charge is 2.50. The van der Waals surface area contributed by atoms with Gasteiger partial charge in [-0.25, -0.2) is 0 Å². The maximum atomic E-state index is 15.8. The molecule has 10 rings (SSSR count). The fraction of sp³-hybridized carbons (Fsp3) is 0.343. The van der Waals surface area contributed by atoms with Gasteiger partial charge in [0.2, 0.25) is 0 Å². The molecule has 402 valence electrons. The molecule has 8 heteroatoms. The van der Waals surface area contributed by atoms with Crippen molar-refractivity contribution in [1.82, 2.24) is 0 Å². The number of rotatable bonds is 28. The first-order valence-electron chi connectivity index (χ1n) is 29.3. The van der Waals surface area contributed by atoms with Gasteiger partial charge in [-0.1, -0.05) is 178 Å². The van der Waals surface area contributed by atoms with Crippen molar-refractivity contribution >= 4 is 79.9 Å². The minimum absolute atomic E-state index is 0.198. The Balaban J connectivity index is 1.04. The van der Waals surface area contributed by atoms with Gasteiger partial charge in [0.1, 0.15) is 0 Å². The molecule has 4 aromatic carbocycles. The maximum absolute atomic E-state index is 15.8. The average Bonchev–Trinajstić information content (AvgIpc) is 4.53. The lowest BCUT2D eigenvalue weighted by Crippen LogP contribution is -2.29. The van der Waals surface area contributed by atoms with Gasteiger partial charge >= 0.3 is 0 Å². The number of unbranched alkanes of at least 4 members (excludes halogenated alkanes) is 12. The molecule has 4 aromatic heterocycles. The number of anilines is 2. The summed E-state index contributed by atoms with van der Waals surface area (Å²) in [6, 6.07) is 43.2. The number of hydrogen-bond acceptors (Lipinski definition) is 6. The summed E-state index contributed by atoms with van der Waals surface area (Å²) in [7, 11) is 0. The molecular formula is C70H76N2O2S4. The third-order valence-electron chi connectivity index (χ3n) is 15.6. The van der Waals surface area contributed by atoms with Crippen LogP contribution in [-0.4, -0.2) is 11.8 Å². The Kier molecular flexibility index (Phi) is 19.1. The van der Waals surface area contributed by atoms with Crippen molar-refractivity contribution in [2.75, 3.05) is 9.80 Å². The van der Waals surface area contributed by atoms with Crippen molar-refractivity contribution in [3.8, 4) is 41.8 Å². The van der Waals surface area contributed by atoms with Crippen LogP contribution in [0, 0.1) is 0 Å². The fourth-order valence-corrected chi connectivity index (χ4v) is 15.0. The Morgan fingerprint density at radius 2 is 0.551 bits per heavy atom. The Morgan fingerprint density at radius 1 is 0.308 bits per heavy atom. The highest BCUT2D eigenvalue weighted by molar-refractivity contribution is 7.14. The van der Waals surface area contributed by atoms with Gasteiger partial charge < -0.3 is 0 Å². The molecule has 0 spiro atoms. The van der Waals surface area contributed by atoms with Crippen molar-refractivity contribution in [3.63, 3.8) is 0 Å². The third kappa shape index (κ3) is 12.7. The van der Waals surface area contributed by atoms with E-state index in [1.54, 1.807) is 45.3 Å². The van der Waals surface area contributed by atoms with Crippen molar-refractivity contribution < 1.29 is 9.59 Å². The molecule has 6 heterocycles. The molecule has 2 aliphatic rings. The van der Waals surface area contributed by atoms with Crippen LogP contribution in [0.25, 0.3) is 53.2 Å². The van der Waals surface area contributed by atoms with E-state index in [9.17, 15) is 0 Å². The summed E-state index contributed by atoms with van der Waals surface area (Å²) in [6.45, 7) is 9.04. The fourth-order valence-electron chi connectivity index (χ4n) is 11.1. The predicted octanol–water partition coefficient (Wildman–Crippen LogP) is 21.3. The monoisotopic (exact) mass is 1100 g/mol. The normalized spacial score (nSPS) is 13.5. The Morgan fingerprint density at radius 3 is 0.808 bits per heavy atom. The van der Waals surface area contributed by atoms with Crippen molar-refractivity contribution in [3.05, 3.63) is 187 Å². The first-order chi connectivity index (χ1) is 38.3. The van der Waals surface area contributed by atoms with Gasteiger partial charge in [-0.15, -0.1) is 45.3 Å². The van der Waals surface area contributed by atoms with E-state index in [-0.39, 0.29) is 11.8 Å². The van der Waals surface area contributed by atoms with Crippen molar-refractivity contribution in [2.45, 2.75) is 156 Å². The lowest BCUT2D eigenvalue weighted by Gasteiger charge is -2.26. The van der Waals surface area contributed by atoms with Gasteiger partial charge in [-0.2, -0.15) is 0 Å². The zero-order chi connectivity index (χ0) is 53.8.